The fourth-order valence-corrected chi connectivity index (χ4v) is 3.82. The molecule has 0 amide bonds. The molecular weight excluding hydrogens is 304 g/mol. The number of hydrogen-bond acceptors (Lipinski definition) is 5. The summed E-state index contributed by atoms with van der Waals surface area (Å²) >= 11 is 0. The van der Waals surface area contributed by atoms with E-state index in [1.807, 2.05) is 0 Å². The molecule has 110 valence electrons. The standard InChI is InChI=1S/C13H15ClO5S/c14-20(16,17)7-10-8-3-1-6-19-13(8)11(15)9-4-2-5-18-12(9)10/h15H,1-7H2. The van der Waals surface area contributed by atoms with E-state index < -0.39 is 9.05 Å². The highest BCUT2D eigenvalue weighted by molar-refractivity contribution is 8.13. The average molecular weight is 319 g/mol. The van der Waals surface area contributed by atoms with Crippen LogP contribution in [0, 0.1) is 0 Å². The molecule has 7 heteroatoms. The molecule has 1 aromatic carbocycles. The Balaban J connectivity index is 2.24. The Bertz CT molecular complexity index is 616. The van der Waals surface area contributed by atoms with Crippen LogP contribution < -0.4 is 9.47 Å². The van der Waals surface area contributed by atoms with Gasteiger partial charge in [-0.2, -0.15) is 0 Å². The summed E-state index contributed by atoms with van der Waals surface area (Å²) in [5.74, 6) is 0.659. The molecule has 0 aliphatic carbocycles. The maximum Gasteiger partial charge on any atom is 0.236 e. The molecule has 0 bridgehead atoms. The fourth-order valence-electron chi connectivity index (χ4n) is 2.84. The van der Waals surface area contributed by atoms with Gasteiger partial charge in [0.1, 0.15) is 5.75 Å². The summed E-state index contributed by atoms with van der Waals surface area (Å²) in [5, 5.41) is 10.3. The number of halogens is 1. The molecule has 3 rings (SSSR count). The van der Waals surface area contributed by atoms with E-state index in [4.69, 9.17) is 20.2 Å². The van der Waals surface area contributed by atoms with E-state index in [1.165, 1.54) is 0 Å². The molecule has 1 aromatic rings. The first-order chi connectivity index (χ1) is 9.47. The third-order valence-corrected chi connectivity index (χ3v) is 4.60. The number of hydrogen-bond donors (Lipinski definition) is 1. The van der Waals surface area contributed by atoms with Crippen molar-refractivity contribution in [3.8, 4) is 17.2 Å². The molecule has 0 unspecified atom stereocenters. The van der Waals surface area contributed by atoms with Crippen molar-refractivity contribution in [2.24, 2.45) is 0 Å². The SMILES string of the molecule is O=S(=O)(Cl)Cc1c2c(c(O)c3c1OCCC3)OCCC2. The van der Waals surface area contributed by atoms with E-state index in [2.05, 4.69) is 0 Å². The minimum Gasteiger partial charge on any atom is -0.504 e. The van der Waals surface area contributed by atoms with Gasteiger partial charge in [-0.05, 0) is 25.7 Å². The molecule has 0 fully saturated rings. The van der Waals surface area contributed by atoms with Crippen molar-refractivity contribution < 1.29 is 23.0 Å². The molecule has 2 aliphatic heterocycles. The van der Waals surface area contributed by atoms with E-state index in [9.17, 15) is 13.5 Å². The zero-order valence-electron chi connectivity index (χ0n) is 10.8. The zero-order chi connectivity index (χ0) is 14.3. The van der Waals surface area contributed by atoms with Crippen molar-refractivity contribution in [3.63, 3.8) is 0 Å². The van der Waals surface area contributed by atoms with Crippen LogP contribution in [0.15, 0.2) is 0 Å². The van der Waals surface area contributed by atoms with Crippen LogP contribution in [0.25, 0.3) is 0 Å². The monoisotopic (exact) mass is 318 g/mol. The lowest BCUT2D eigenvalue weighted by atomic mass is 9.93. The Labute approximate surface area is 121 Å². The van der Waals surface area contributed by atoms with Crippen LogP contribution in [-0.2, 0) is 27.6 Å². The molecule has 1 N–H and O–H groups in total. The van der Waals surface area contributed by atoms with Gasteiger partial charge in [-0.3, -0.25) is 0 Å². The quantitative estimate of drug-likeness (QED) is 0.845. The minimum atomic E-state index is -3.70. The summed E-state index contributed by atoms with van der Waals surface area (Å²) < 4.78 is 34.1. The molecule has 2 aliphatic rings. The highest BCUT2D eigenvalue weighted by atomic mass is 35.7. The molecule has 2 heterocycles. The van der Waals surface area contributed by atoms with Crippen LogP contribution in [-0.4, -0.2) is 26.7 Å². The Morgan fingerprint density at radius 1 is 1.05 bits per heavy atom. The predicted octanol–water partition coefficient (Wildman–Crippen LogP) is 2.11. The normalized spacial score (nSPS) is 17.6. The number of fused-ring (bicyclic) bond motifs is 2. The molecular formula is C13H15ClO5S. The van der Waals surface area contributed by atoms with Crippen molar-refractivity contribution in [1.29, 1.82) is 0 Å². The summed E-state index contributed by atoms with van der Waals surface area (Å²) in [7, 11) is 1.70. The average Bonchev–Trinajstić information content (AvgIpc) is 2.42. The van der Waals surface area contributed by atoms with Crippen LogP contribution in [0.3, 0.4) is 0 Å². The van der Waals surface area contributed by atoms with Crippen LogP contribution in [0.4, 0.5) is 0 Å². The van der Waals surface area contributed by atoms with Crippen molar-refractivity contribution in [2.75, 3.05) is 13.2 Å². The summed E-state index contributed by atoms with van der Waals surface area (Å²) in [6.45, 7) is 1.04. The topological polar surface area (TPSA) is 72.8 Å². The number of aromatic hydroxyl groups is 1. The van der Waals surface area contributed by atoms with Gasteiger partial charge in [0.05, 0.1) is 19.0 Å². The largest absolute Gasteiger partial charge is 0.504 e. The summed E-state index contributed by atoms with van der Waals surface area (Å²) in [6.07, 6.45) is 2.86. The smallest absolute Gasteiger partial charge is 0.236 e. The lowest BCUT2D eigenvalue weighted by Gasteiger charge is -2.28. The molecule has 0 atom stereocenters. The van der Waals surface area contributed by atoms with Crippen molar-refractivity contribution in [3.05, 3.63) is 16.7 Å². The molecule has 0 saturated heterocycles. The van der Waals surface area contributed by atoms with Gasteiger partial charge in [-0.25, -0.2) is 8.42 Å². The number of phenols is 1. The van der Waals surface area contributed by atoms with Gasteiger partial charge < -0.3 is 14.6 Å². The molecule has 0 aromatic heterocycles. The van der Waals surface area contributed by atoms with E-state index in [-0.39, 0.29) is 11.5 Å². The van der Waals surface area contributed by atoms with Crippen molar-refractivity contribution >= 4 is 19.7 Å². The lowest BCUT2D eigenvalue weighted by Crippen LogP contribution is -2.18. The lowest BCUT2D eigenvalue weighted by molar-refractivity contribution is 0.254. The third-order valence-electron chi connectivity index (χ3n) is 3.64. The second-order valence-corrected chi connectivity index (χ2v) is 7.81. The molecule has 0 saturated carbocycles. The first-order valence-electron chi connectivity index (χ1n) is 6.55. The molecule has 5 nitrogen and oxygen atoms in total. The summed E-state index contributed by atoms with van der Waals surface area (Å²) in [4.78, 5) is 0. The van der Waals surface area contributed by atoms with E-state index >= 15 is 0 Å². The molecule has 0 radical (unpaired) electrons. The minimum absolute atomic E-state index is 0.0881. The maximum absolute atomic E-state index is 11.5. The Morgan fingerprint density at radius 3 is 2.30 bits per heavy atom. The summed E-state index contributed by atoms with van der Waals surface area (Å²) in [5.41, 5.74) is 1.88. The maximum atomic E-state index is 11.5. The Morgan fingerprint density at radius 2 is 1.65 bits per heavy atom. The first kappa shape index (κ1) is 13.8. The van der Waals surface area contributed by atoms with Gasteiger partial charge >= 0.3 is 0 Å². The van der Waals surface area contributed by atoms with E-state index in [0.717, 1.165) is 12.8 Å². The second-order valence-electron chi connectivity index (χ2n) is 5.03. The zero-order valence-corrected chi connectivity index (χ0v) is 12.4. The van der Waals surface area contributed by atoms with Crippen LogP contribution in [0.2, 0.25) is 0 Å². The summed E-state index contributed by atoms with van der Waals surface area (Å²) in [6, 6.07) is 0. The molecule has 0 spiro atoms. The number of ether oxygens (including phenoxy) is 2. The van der Waals surface area contributed by atoms with Crippen LogP contribution in [0.1, 0.15) is 29.5 Å². The Kier molecular flexibility index (Phi) is 3.46. The number of phenolic OH excluding ortho intramolecular Hbond substituents is 1. The van der Waals surface area contributed by atoms with E-state index in [0.29, 0.717) is 54.2 Å². The van der Waals surface area contributed by atoms with Crippen LogP contribution in [0.5, 0.6) is 17.2 Å². The van der Waals surface area contributed by atoms with Gasteiger partial charge in [-0.15, -0.1) is 0 Å². The van der Waals surface area contributed by atoms with Gasteiger partial charge in [0, 0.05) is 27.4 Å². The highest BCUT2D eigenvalue weighted by Gasteiger charge is 2.30. The van der Waals surface area contributed by atoms with Crippen molar-refractivity contribution in [1.82, 2.24) is 0 Å². The van der Waals surface area contributed by atoms with Crippen LogP contribution >= 0.6 is 10.7 Å². The van der Waals surface area contributed by atoms with Gasteiger partial charge in [-0.1, -0.05) is 0 Å². The van der Waals surface area contributed by atoms with Gasteiger partial charge in [0.2, 0.25) is 9.05 Å². The second kappa shape index (κ2) is 5.00. The third kappa shape index (κ3) is 2.42. The number of benzene rings is 1. The van der Waals surface area contributed by atoms with E-state index in [1.54, 1.807) is 0 Å². The van der Waals surface area contributed by atoms with Crippen molar-refractivity contribution in [2.45, 2.75) is 31.4 Å². The molecule has 20 heavy (non-hydrogen) atoms. The highest BCUT2D eigenvalue weighted by Crippen LogP contribution is 2.48. The first-order valence-corrected chi connectivity index (χ1v) is 9.02. The Hall–Kier alpha value is -1.14. The number of rotatable bonds is 2. The van der Waals surface area contributed by atoms with Gasteiger partial charge in [0.25, 0.3) is 0 Å². The predicted molar refractivity (Wildman–Crippen MR) is 74.2 cm³/mol. The van der Waals surface area contributed by atoms with Gasteiger partial charge in [0.15, 0.2) is 11.5 Å². The fraction of sp³-hybridized carbons (Fsp3) is 0.538.